The van der Waals surface area contributed by atoms with E-state index in [4.69, 9.17) is 4.74 Å². The normalized spacial score (nSPS) is 21.5. The molecule has 0 aliphatic carbocycles. The van der Waals surface area contributed by atoms with E-state index >= 15 is 0 Å². The molecule has 21 heavy (non-hydrogen) atoms. The third-order valence-electron chi connectivity index (χ3n) is 4.01. The summed E-state index contributed by atoms with van der Waals surface area (Å²) in [4.78, 5) is 2.76. The van der Waals surface area contributed by atoms with Crippen molar-refractivity contribution in [1.82, 2.24) is 0 Å². The van der Waals surface area contributed by atoms with Crippen LogP contribution >= 0.6 is 22.7 Å². The van der Waals surface area contributed by atoms with Crippen molar-refractivity contribution in [3.05, 3.63) is 50.4 Å². The Morgan fingerprint density at radius 2 is 1.76 bits per heavy atom. The first kappa shape index (κ1) is 15.0. The van der Waals surface area contributed by atoms with Crippen LogP contribution in [-0.4, -0.2) is 44.9 Å². The molecule has 0 amide bonds. The Hall–Kier alpha value is -0.940. The van der Waals surface area contributed by atoms with Gasteiger partial charge in [0.25, 0.3) is 0 Å². The maximum atomic E-state index is 5.70. The maximum absolute atomic E-state index is 5.70. The average Bonchev–Trinajstić information content (AvgIpc) is 3.11. The molecule has 0 bridgehead atoms. The molecule has 0 spiro atoms. The summed E-state index contributed by atoms with van der Waals surface area (Å²) >= 11 is 3.67. The van der Waals surface area contributed by atoms with Crippen LogP contribution in [0.2, 0.25) is 0 Å². The summed E-state index contributed by atoms with van der Waals surface area (Å²) in [5, 5.41) is 4.33. The second-order valence-electron chi connectivity index (χ2n) is 6.27. The summed E-state index contributed by atoms with van der Waals surface area (Å²) < 4.78 is 6.69. The van der Waals surface area contributed by atoms with E-state index in [2.05, 4.69) is 49.1 Å². The fraction of sp³-hybridized carbons (Fsp3) is 0.412. The first-order chi connectivity index (χ1) is 10.1. The van der Waals surface area contributed by atoms with Crippen LogP contribution in [0.4, 0.5) is 0 Å². The molecule has 2 nitrogen and oxygen atoms in total. The molecule has 0 aromatic carbocycles. The van der Waals surface area contributed by atoms with E-state index in [-0.39, 0.29) is 0 Å². The van der Waals surface area contributed by atoms with E-state index in [1.165, 1.54) is 20.9 Å². The fourth-order valence-corrected chi connectivity index (χ4v) is 4.92. The molecule has 2 aromatic heterocycles. The molecular formula is C17H22NOS2+. The molecule has 1 aliphatic heterocycles. The quantitative estimate of drug-likeness (QED) is 0.774. The van der Waals surface area contributed by atoms with E-state index in [9.17, 15) is 0 Å². The van der Waals surface area contributed by atoms with Crippen molar-refractivity contribution in [3.63, 3.8) is 0 Å². The second kappa shape index (κ2) is 6.05. The lowest BCUT2D eigenvalue weighted by atomic mass is 9.94. The van der Waals surface area contributed by atoms with Crippen molar-refractivity contribution in [1.29, 1.82) is 0 Å². The average molecular weight is 321 g/mol. The molecule has 4 heteroatoms. The van der Waals surface area contributed by atoms with Crippen LogP contribution < -0.4 is 0 Å². The molecule has 0 N–H and O–H groups in total. The number of likely N-dealkylation sites (tertiary alicyclic amines) is 1. The van der Waals surface area contributed by atoms with Gasteiger partial charge in [-0.2, -0.15) is 0 Å². The summed E-state index contributed by atoms with van der Waals surface area (Å²) in [6.45, 7) is 2.19. The summed E-state index contributed by atoms with van der Waals surface area (Å²) in [7, 11) is 6.43. The smallest absolute Gasteiger partial charge is 0.110 e. The number of thiophene rings is 2. The Bertz CT molecular complexity index is 575. The van der Waals surface area contributed by atoms with Gasteiger partial charge in [0.2, 0.25) is 0 Å². The molecule has 1 saturated heterocycles. The number of ether oxygens (including phenoxy) is 1. The number of piperidine rings is 1. The van der Waals surface area contributed by atoms with Crippen molar-refractivity contribution in [3.8, 4) is 0 Å². The van der Waals surface area contributed by atoms with Crippen molar-refractivity contribution in [2.24, 2.45) is 0 Å². The van der Waals surface area contributed by atoms with Crippen LogP contribution in [0.5, 0.6) is 0 Å². The Labute approximate surface area is 134 Å². The zero-order valence-electron chi connectivity index (χ0n) is 12.8. The minimum absolute atomic E-state index is 0.318. The zero-order valence-corrected chi connectivity index (χ0v) is 14.5. The first-order valence-electron chi connectivity index (χ1n) is 7.23. The highest BCUT2D eigenvalue weighted by molar-refractivity contribution is 7.13. The third-order valence-corrected chi connectivity index (χ3v) is 5.79. The summed E-state index contributed by atoms with van der Waals surface area (Å²) in [5.41, 5.74) is 2.97. The fourth-order valence-electron chi connectivity index (χ4n) is 3.19. The van der Waals surface area contributed by atoms with Gasteiger partial charge in [-0.05, 0) is 28.5 Å². The lowest BCUT2D eigenvalue weighted by Crippen LogP contribution is -2.51. The Balaban J connectivity index is 2.09. The Morgan fingerprint density at radius 3 is 2.24 bits per heavy atom. The number of methoxy groups -OCH3 is 1. The standard InChI is InChI=1S/C17H22NOS2/c1-18(2)11-13(10-14(12-18)19-3)17(15-6-4-8-20-15)16-7-5-9-21-16/h4-9,14H,10-12H2,1-3H3/q+1/t14-/m0/s1. The van der Waals surface area contributed by atoms with E-state index in [1.54, 1.807) is 0 Å². The first-order valence-corrected chi connectivity index (χ1v) is 8.99. The van der Waals surface area contributed by atoms with Crippen LogP contribution in [0.1, 0.15) is 16.2 Å². The van der Waals surface area contributed by atoms with Crippen LogP contribution in [0.15, 0.2) is 40.6 Å². The number of hydrogen-bond acceptors (Lipinski definition) is 3. The number of quaternary nitrogens is 1. The summed E-state index contributed by atoms with van der Waals surface area (Å²) in [6.07, 6.45) is 1.36. The molecule has 3 heterocycles. The van der Waals surface area contributed by atoms with Gasteiger partial charge in [-0.3, -0.25) is 0 Å². The van der Waals surface area contributed by atoms with Crippen molar-refractivity contribution in [2.45, 2.75) is 12.5 Å². The highest BCUT2D eigenvalue weighted by atomic mass is 32.1. The van der Waals surface area contributed by atoms with Crippen molar-refractivity contribution < 1.29 is 9.22 Å². The van der Waals surface area contributed by atoms with Crippen molar-refractivity contribution >= 4 is 28.2 Å². The number of likely N-dealkylation sites (N-methyl/N-ethyl adjacent to an activating group) is 1. The second-order valence-corrected chi connectivity index (χ2v) is 8.17. The van der Waals surface area contributed by atoms with Gasteiger partial charge in [0, 0.05) is 28.9 Å². The van der Waals surface area contributed by atoms with E-state index in [1.807, 2.05) is 29.8 Å². The molecular weight excluding hydrogens is 298 g/mol. The van der Waals surface area contributed by atoms with Gasteiger partial charge >= 0.3 is 0 Å². The minimum Gasteiger partial charge on any atom is -0.375 e. The van der Waals surface area contributed by atoms with Gasteiger partial charge < -0.3 is 9.22 Å². The predicted molar refractivity (Wildman–Crippen MR) is 91.9 cm³/mol. The van der Waals surface area contributed by atoms with Crippen molar-refractivity contribution in [2.75, 3.05) is 34.3 Å². The van der Waals surface area contributed by atoms with Crippen LogP contribution in [0.3, 0.4) is 0 Å². The highest BCUT2D eigenvalue weighted by Gasteiger charge is 2.33. The molecule has 0 saturated carbocycles. The lowest BCUT2D eigenvalue weighted by molar-refractivity contribution is -0.892. The van der Waals surface area contributed by atoms with Gasteiger partial charge in [-0.25, -0.2) is 0 Å². The van der Waals surface area contributed by atoms with Gasteiger partial charge in [-0.15, -0.1) is 22.7 Å². The Kier molecular flexibility index (Phi) is 4.31. The van der Waals surface area contributed by atoms with Gasteiger partial charge in [0.1, 0.15) is 19.2 Å². The maximum Gasteiger partial charge on any atom is 0.110 e. The molecule has 0 radical (unpaired) electrons. The molecule has 1 aliphatic rings. The topological polar surface area (TPSA) is 9.23 Å². The molecule has 3 rings (SSSR count). The van der Waals surface area contributed by atoms with E-state index in [0.717, 1.165) is 24.0 Å². The van der Waals surface area contributed by atoms with Crippen LogP contribution in [-0.2, 0) is 4.74 Å². The van der Waals surface area contributed by atoms with Crippen LogP contribution in [0, 0.1) is 0 Å². The SMILES string of the molecule is CO[C@H]1CC(=C(c2cccs2)c2cccs2)C[N+](C)(C)C1. The molecule has 112 valence electrons. The minimum atomic E-state index is 0.318. The zero-order chi connectivity index (χ0) is 14.9. The van der Waals surface area contributed by atoms with Crippen LogP contribution in [0.25, 0.3) is 5.57 Å². The van der Waals surface area contributed by atoms with Gasteiger partial charge in [0.15, 0.2) is 0 Å². The number of nitrogens with zero attached hydrogens (tertiary/aromatic N) is 1. The summed E-state index contributed by atoms with van der Waals surface area (Å²) in [5.74, 6) is 0. The number of hydrogen-bond donors (Lipinski definition) is 0. The molecule has 1 atom stereocenters. The monoisotopic (exact) mass is 320 g/mol. The molecule has 1 fully saturated rings. The van der Waals surface area contributed by atoms with E-state index in [0.29, 0.717) is 6.10 Å². The highest BCUT2D eigenvalue weighted by Crippen LogP contribution is 2.37. The molecule has 2 aromatic rings. The van der Waals surface area contributed by atoms with Gasteiger partial charge in [-0.1, -0.05) is 12.1 Å². The summed E-state index contributed by atoms with van der Waals surface area (Å²) in [6, 6.07) is 8.77. The number of rotatable bonds is 3. The largest absolute Gasteiger partial charge is 0.375 e. The molecule has 0 unspecified atom stereocenters. The third kappa shape index (κ3) is 3.29. The predicted octanol–water partition coefficient (Wildman–Crippen LogP) is 4.11. The van der Waals surface area contributed by atoms with E-state index < -0.39 is 0 Å². The lowest BCUT2D eigenvalue weighted by Gasteiger charge is -2.39. The Morgan fingerprint density at radius 1 is 1.14 bits per heavy atom. The van der Waals surface area contributed by atoms with Gasteiger partial charge in [0.05, 0.1) is 14.1 Å².